The lowest BCUT2D eigenvalue weighted by molar-refractivity contribution is 0.0591. The number of aromatic nitrogens is 1. The Morgan fingerprint density at radius 3 is 2.29 bits per heavy atom. The van der Waals surface area contributed by atoms with Crippen LogP contribution in [0.5, 0.6) is 0 Å². The highest BCUT2D eigenvalue weighted by Crippen LogP contribution is 2.27. The fourth-order valence-electron chi connectivity index (χ4n) is 2.74. The fourth-order valence-corrected chi connectivity index (χ4v) is 2.74. The molecule has 0 atom stereocenters. The molecule has 0 aliphatic carbocycles. The quantitative estimate of drug-likeness (QED) is 0.683. The van der Waals surface area contributed by atoms with Gasteiger partial charge in [0.15, 0.2) is 0 Å². The normalized spacial score (nSPS) is 10.8. The van der Waals surface area contributed by atoms with Gasteiger partial charge < -0.3 is 9.30 Å². The summed E-state index contributed by atoms with van der Waals surface area (Å²) in [6.45, 7) is 2.70. The summed E-state index contributed by atoms with van der Waals surface area (Å²) < 4.78 is 7.01. The van der Waals surface area contributed by atoms with Crippen LogP contribution in [0, 0.1) is 6.92 Å². The summed E-state index contributed by atoms with van der Waals surface area (Å²) in [5, 5.41) is 2.03. The first kappa shape index (κ1) is 13.4. The molecule has 0 bridgehead atoms. The van der Waals surface area contributed by atoms with Crippen LogP contribution in [0.25, 0.3) is 10.8 Å². The predicted octanol–water partition coefficient (Wildman–Crippen LogP) is 3.78. The number of rotatable bonds is 3. The van der Waals surface area contributed by atoms with Crippen LogP contribution < -0.4 is 0 Å². The number of carbonyl (C=O) groups is 1. The average molecular weight is 279 g/mol. The number of nitrogens with zero attached hydrogens (tertiary/aromatic N) is 1. The molecule has 0 aliphatic heterocycles. The Kier molecular flexibility index (Phi) is 3.48. The van der Waals surface area contributed by atoms with E-state index in [1.54, 1.807) is 0 Å². The third kappa shape index (κ3) is 2.31. The van der Waals surface area contributed by atoms with E-state index in [1.165, 1.54) is 7.11 Å². The number of ether oxygens (including phenoxy) is 1. The number of hydrogen-bond donors (Lipinski definition) is 0. The first-order valence-electron chi connectivity index (χ1n) is 6.92. The Hall–Kier alpha value is -2.55. The molecule has 0 spiro atoms. The maximum atomic E-state index is 12.2. The molecule has 0 saturated heterocycles. The van der Waals surface area contributed by atoms with Gasteiger partial charge in [0.1, 0.15) is 5.69 Å². The maximum Gasteiger partial charge on any atom is 0.355 e. The Labute approximate surface area is 123 Å². The van der Waals surface area contributed by atoms with Gasteiger partial charge in [0.25, 0.3) is 0 Å². The van der Waals surface area contributed by atoms with E-state index in [-0.39, 0.29) is 5.97 Å². The van der Waals surface area contributed by atoms with Gasteiger partial charge in [-0.25, -0.2) is 4.79 Å². The molecule has 3 rings (SSSR count). The van der Waals surface area contributed by atoms with E-state index < -0.39 is 0 Å². The summed E-state index contributed by atoms with van der Waals surface area (Å²) in [7, 11) is 1.42. The number of esters is 1. The molecule has 0 radical (unpaired) electrons. The van der Waals surface area contributed by atoms with Gasteiger partial charge in [-0.1, -0.05) is 54.6 Å². The lowest BCUT2D eigenvalue weighted by Gasteiger charge is -2.10. The van der Waals surface area contributed by atoms with Gasteiger partial charge in [-0.15, -0.1) is 0 Å². The first-order valence-corrected chi connectivity index (χ1v) is 6.92. The largest absolute Gasteiger partial charge is 0.464 e. The van der Waals surface area contributed by atoms with E-state index in [9.17, 15) is 4.79 Å². The molecule has 0 amide bonds. The Morgan fingerprint density at radius 1 is 1.00 bits per heavy atom. The van der Waals surface area contributed by atoms with Crippen molar-refractivity contribution in [3.05, 3.63) is 71.5 Å². The minimum atomic E-state index is -0.296. The van der Waals surface area contributed by atoms with Gasteiger partial charge in [-0.2, -0.15) is 0 Å². The minimum absolute atomic E-state index is 0.296. The predicted molar refractivity (Wildman–Crippen MR) is 83.6 cm³/mol. The SMILES string of the molecule is COC(=O)c1c2ccccc2c(C)n1Cc1ccccc1. The zero-order valence-electron chi connectivity index (χ0n) is 12.2. The Balaban J connectivity index is 2.20. The topological polar surface area (TPSA) is 31.2 Å². The number of benzene rings is 2. The molecule has 0 fully saturated rings. The van der Waals surface area contributed by atoms with Gasteiger partial charge in [0, 0.05) is 23.0 Å². The van der Waals surface area contributed by atoms with E-state index in [0.29, 0.717) is 12.2 Å². The molecule has 3 nitrogen and oxygen atoms in total. The molecule has 0 aliphatic rings. The maximum absolute atomic E-state index is 12.2. The van der Waals surface area contributed by atoms with Gasteiger partial charge in [0.2, 0.25) is 0 Å². The molecule has 106 valence electrons. The van der Waals surface area contributed by atoms with Crippen molar-refractivity contribution >= 4 is 16.7 Å². The van der Waals surface area contributed by atoms with Crippen molar-refractivity contribution in [2.24, 2.45) is 0 Å². The van der Waals surface area contributed by atoms with Gasteiger partial charge in [0.05, 0.1) is 7.11 Å². The van der Waals surface area contributed by atoms with Crippen LogP contribution in [-0.2, 0) is 11.3 Å². The van der Waals surface area contributed by atoms with Crippen molar-refractivity contribution in [3.8, 4) is 0 Å². The second-order valence-electron chi connectivity index (χ2n) is 5.04. The molecule has 2 aromatic carbocycles. The van der Waals surface area contributed by atoms with Crippen molar-refractivity contribution in [1.29, 1.82) is 0 Å². The third-order valence-electron chi connectivity index (χ3n) is 3.81. The van der Waals surface area contributed by atoms with Gasteiger partial charge in [-0.3, -0.25) is 0 Å². The number of fused-ring (bicyclic) bond motifs is 1. The van der Waals surface area contributed by atoms with Crippen molar-refractivity contribution in [3.63, 3.8) is 0 Å². The number of carbonyl (C=O) groups excluding carboxylic acids is 1. The molecular formula is C18H17NO2. The van der Waals surface area contributed by atoms with Crippen LogP contribution in [-0.4, -0.2) is 17.6 Å². The summed E-state index contributed by atoms with van der Waals surface area (Å²) in [6.07, 6.45) is 0. The summed E-state index contributed by atoms with van der Waals surface area (Å²) in [5.74, 6) is -0.296. The Bertz CT molecular complexity index is 788. The lowest BCUT2D eigenvalue weighted by Crippen LogP contribution is -2.12. The lowest BCUT2D eigenvalue weighted by atomic mass is 10.1. The molecule has 1 aromatic heterocycles. The standard InChI is InChI=1S/C18H17NO2/c1-13-15-10-6-7-11-16(15)17(18(20)21-2)19(13)12-14-8-4-3-5-9-14/h3-11H,12H2,1-2H3. The van der Waals surface area contributed by atoms with Gasteiger partial charge >= 0.3 is 5.97 Å². The zero-order valence-corrected chi connectivity index (χ0v) is 12.2. The van der Waals surface area contributed by atoms with Crippen LogP contribution in [0.2, 0.25) is 0 Å². The van der Waals surface area contributed by atoms with Crippen LogP contribution >= 0.6 is 0 Å². The highest BCUT2D eigenvalue weighted by molar-refractivity contribution is 6.05. The minimum Gasteiger partial charge on any atom is -0.464 e. The summed E-state index contributed by atoms with van der Waals surface area (Å²) in [4.78, 5) is 12.2. The molecule has 21 heavy (non-hydrogen) atoms. The second-order valence-corrected chi connectivity index (χ2v) is 5.04. The van der Waals surface area contributed by atoms with Crippen molar-refractivity contribution in [2.75, 3.05) is 7.11 Å². The summed E-state index contributed by atoms with van der Waals surface area (Å²) in [5.41, 5.74) is 2.86. The third-order valence-corrected chi connectivity index (χ3v) is 3.81. The van der Waals surface area contributed by atoms with E-state index >= 15 is 0 Å². The molecule has 1 heterocycles. The van der Waals surface area contributed by atoms with Crippen LogP contribution in [0.4, 0.5) is 0 Å². The first-order chi connectivity index (χ1) is 10.2. The fraction of sp³-hybridized carbons (Fsp3) is 0.167. The second kappa shape index (κ2) is 5.44. The molecule has 3 heteroatoms. The average Bonchev–Trinajstić information content (AvgIpc) is 2.81. The van der Waals surface area contributed by atoms with Crippen LogP contribution in [0.1, 0.15) is 21.7 Å². The number of hydrogen-bond acceptors (Lipinski definition) is 2. The summed E-state index contributed by atoms with van der Waals surface area (Å²) in [6, 6.07) is 18.1. The number of methoxy groups -OCH3 is 1. The molecular weight excluding hydrogens is 262 g/mol. The van der Waals surface area contributed by atoms with Crippen LogP contribution in [0.3, 0.4) is 0 Å². The smallest absolute Gasteiger partial charge is 0.355 e. The molecule has 0 unspecified atom stereocenters. The molecule has 3 aromatic rings. The molecule has 0 N–H and O–H groups in total. The van der Waals surface area contributed by atoms with Crippen molar-refractivity contribution in [2.45, 2.75) is 13.5 Å². The monoisotopic (exact) mass is 279 g/mol. The van der Waals surface area contributed by atoms with E-state index in [4.69, 9.17) is 4.74 Å². The van der Waals surface area contributed by atoms with Crippen LogP contribution in [0.15, 0.2) is 54.6 Å². The summed E-state index contributed by atoms with van der Waals surface area (Å²) >= 11 is 0. The molecule has 0 saturated carbocycles. The van der Waals surface area contributed by atoms with E-state index in [1.807, 2.05) is 54.0 Å². The highest BCUT2D eigenvalue weighted by Gasteiger charge is 2.20. The van der Waals surface area contributed by atoms with Gasteiger partial charge in [-0.05, 0) is 12.5 Å². The van der Waals surface area contributed by atoms with E-state index in [2.05, 4.69) is 12.1 Å². The highest BCUT2D eigenvalue weighted by atomic mass is 16.5. The van der Waals surface area contributed by atoms with E-state index in [0.717, 1.165) is 22.0 Å². The van der Waals surface area contributed by atoms with Crippen molar-refractivity contribution < 1.29 is 9.53 Å². The number of aryl methyl sites for hydroxylation is 1. The Morgan fingerprint density at radius 2 is 1.62 bits per heavy atom. The van der Waals surface area contributed by atoms with Crippen molar-refractivity contribution in [1.82, 2.24) is 4.57 Å². The zero-order chi connectivity index (χ0) is 14.8.